The van der Waals surface area contributed by atoms with Crippen LogP contribution in [0.1, 0.15) is 17.2 Å². The molecule has 124 valence electrons. The van der Waals surface area contributed by atoms with E-state index in [-0.39, 0.29) is 17.2 Å². The molecule has 0 saturated heterocycles. The van der Waals surface area contributed by atoms with Crippen LogP contribution in [0, 0.1) is 0 Å². The van der Waals surface area contributed by atoms with Gasteiger partial charge in [-0.3, -0.25) is 4.79 Å². The molecule has 2 aromatic carbocycles. The molecule has 0 amide bonds. The first-order valence-electron chi connectivity index (χ1n) is 7.62. The van der Waals surface area contributed by atoms with Gasteiger partial charge in [-0.2, -0.15) is 0 Å². The van der Waals surface area contributed by atoms with Crippen LogP contribution < -0.4 is 10.1 Å². The van der Waals surface area contributed by atoms with Gasteiger partial charge in [-0.05, 0) is 17.7 Å². The lowest BCUT2D eigenvalue weighted by molar-refractivity contribution is -0.113. The first-order valence-corrected chi connectivity index (χ1v) is 8.75. The third-order valence-electron chi connectivity index (χ3n) is 3.85. The SMILES string of the molecule is COc1ccc2c(c1)NC(C(=O)CBr)=CC2OCc1ccccc1. The molecule has 0 aromatic heterocycles. The Kier molecular flexibility index (Phi) is 5.33. The van der Waals surface area contributed by atoms with Crippen molar-refractivity contribution in [3.63, 3.8) is 0 Å². The number of ketones is 1. The number of ether oxygens (including phenoxy) is 2. The number of carbonyl (C=O) groups is 1. The van der Waals surface area contributed by atoms with Gasteiger partial charge >= 0.3 is 0 Å². The molecule has 2 aromatic rings. The van der Waals surface area contributed by atoms with Gasteiger partial charge < -0.3 is 14.8 Å². The van der Waals surface area contributed by atoms with E-state index in [1.807, 2.05) is 54.6 Å². The lowest BCUT2D eigenvalue weighted by Gasteiger charge is -2.26. The predicted octanol–water partition coefficient (Wildman–Crippen LogP) is 4.23. The summed E-state index contributed by atoms with van der Waals surface area (Å²) in [5.41, 5.74) is 3.44. The van der Waals surface area contributed by atoms with E-state index < -0.39 is 0 Å². The Balaban J connectivity index is 1.87. The number of hydrogen-bond acceptors (Lipinski definition) is 4. The zero-order valence-corrected chi connectivity index (χ0v) is 14.9. The molecule has 0 spiro atoms. The van der Waals surface area contributed by atoms with Gasteiger partial charge in [0.1, 0.15) is 11.9 Å². The number of fused-ring (bicyclic) bond motifs is 1. The van der Waals surface area contributed by atoms with Crippen molar-refractivity contribution in [2.45, 2.75) is 12.7 Å². The van der Waals surface area contributed by atoms with Gasteiger partial charge in [0.15, 0.2) is 5.78 Å². The summed E-state index contributed by atoms with van der Waals surface area (Å²) in [7, 11) is 1.62. The number of allylic oxidation sites excluding steroid dienone is 1. The fourth-order valence-electron chi connectivity index (χ4n) is 2.58. The van der Waals surface area contributed by atoms with Crippen LogP contribution in [0.2, 0.25) is 0 Å². The smallest absolute Gasteiger partial charge is 0.189 e. The van der Waals surface area contributed by atoms with Crippen LogP contribution in [0.3, 0.4) is 0 Å². The van der Waals surface area contributed by atoms with E-state index >= 15 is 0 Å². The molecule has 1 N–H and O–H groups in total. The third kappa shape index (κ3) is 3.68. The number of anilines is 1. The van der Waals surface area contributed by atoms with Gasteiger partial charge in [0.2, 0.25) is 0 Å². The summed E-state index contributed by atoms with van der Waals surface area (Å²) in [6, 6.07) is 15.7. The van der Waals surface area contributed by atoms with Crippen molar-refractivity contribution in [3.8, 4) is 5.75 Å². The number of hydrogen-bond donors (Lipinski definition) is 1. The summed E-state index contributed by atoms with van der Waals surface area (Å²) in [6.45, 7) is 0.475. The third-order valence-corrected chi connectivity index (χ3v) is 4.36. The fraction of sp³-hybridized carbons (Fsp3) is 0.211. The Morgan fingerprint density at radius 3 is 2.71 bits per heavy atom. The number of rotatable bonds is 6. The maximum atomic E-state index is 12.1. The van der Waals surface area contributed by atoms with E-state index in [0.717, 1.165) is 22.6 Å². The standard InChI is InChI=1S/C19H18BrNO3/c1-23-14-7-8-15-16(9-14)21-17(18(22)11-20)10-19(15)24-12-13-5-3-2-4-6-13/h2-10,19,21H,11-12H2,1H3. The normalized spacial score (nSPS) is 15.9. The van der Waals surface area contributed by atoms with E-state index in [0.29, 0.717) is 12.3 Å². The zero-order valence-electron chi connectivity index (χ0n) is 13.3. The number of methoxy groups -OCH3 is 1. The summed E-state index contributed by atoms with van der Waals surface area (Å²) in [6.07, 6.45) is 1.55. The summed E-state index contributed by atoms with van der Waals surface area (Å²) in [5, 5.41) is 3.43. The monoisotopic (exact) mass is 387 g/mol. The van der Waals surface area contributed by atoms with E-state index in [2.05, 4.69) is 21.2 Å². The second-order valence-corrected chi connectivity index (χ2v) is 5.99. The Labute approximate surface area is 149 Å². The molecule has 0 radical (unpaired) electrons. The zero-order chi connectivity index (χ0) is 16.9. The minimum atomic E-state index is -0.287. The predicted molar refractivity (Wildman–Crippen MR) is 97.5 cm³/mol. The number of benzene rings is 2. The first-order chi connectivity index (χ1) is 11.7. The maximum absolute atomic E-state index is 12.1. The molecule has 0 aliphatic carbocycles. The van der Waals surface area contributed by atoms with Crippen LogP contribution in [0.25, 0.3) is 0 Å². The Bertz CT molecular complexity index is 758. The number of halogens is 1. The number of carbonyl (C=O) groups excluding carboxylic acids is 1. The topological polar surface area (TPSA) is 47.6 Å². The Morgan fingerprint density at radius 2 is 2.00 bits per heavy atom. The maximum Gasteiger partial charge on any atom is 0.189 e. The van der Waals surface area contributed by atoms with Crippen LogP contribution in [-0.2, 0) is 16.1 Å². The highest BCUT2D eigenvalue weighted by Crippen LogP contribution is 2.36. The molecule has 1 unspecified atom stereocenters. The van der Waals surface area contributed by atoms with Crippen molar-refractivity contribution in [2.75, 3.05) is 17.8 Å². The average molecular weight is 388 g/mol. The lowest BCUT2D eigenvalue weighted by atomic mass is 10.0. The highest BCUT2D eigenvalue weighted by molar-refractivity contribution is 9.09. The molecule has 1 aliphatic heterocycles. The molecule has 0 fully saturated rings. The fourth-order valence-corrected chi connectivity index (χ4v) is 2.88. The molecule has 5 heteroatoms. The molecule has 24 heavy (non-hydrogen) atoms. The van der Waals surface area contributed by atoms with Gasteiger partial charge in [0.05, 0.1) is 24.7 Å². The number of Topliss-reactive ketones (excluding diaryl/α,β-unsaturated/α-hetero) is 1. The number of alkyl halides is 1. The minimum absolute atomic E-state index is 0.0169. The van der Waals surface area contributed by atoms with Crippen LogP contribution in [0.5, 0.6) is 5.75 Å². The average Bonchev–Trinajstić information content (AvgIpc) is 2.65. The molecule has 0 saturated carbocycles. The number of nitrogens with one attached hydrogen (secondary N) is 1. The van der Waals surface area contributed by atoms with Gasteiger partial charge in [0, 0.05) is 17.3 Å². The second-order valence-electron chi connectivity index (χ2n) is 5.43. The summed E-state index contributed by atoms with van der Waals surface area (Å²) >= 11 is 3.22. The lowest BCUT2D eigenvalue weighted by Crippen LogP contribution is -2.20. The second kappa shape index (κ2) is 7.64. The summed E-state index contributed by atoms with van der Waals surface area (Å²) in [5.74, 6) is 0.715. The van der Waals surface area contributed by atoms with Crippen LogP contribution >= 0.6 is 15.9 Å². The molecule has 3 rings (SSSR count). The highest BCUT2D eigenvalue weighted by atomic mass is 79.9. The van der Waals surface area contributed by atoms with Gasteiger partial charge in [-0.15, -0.1) is 0 Å². The van der Waals surface area contributed by atoms with Crippen LogP contribution in [0.4, 0.5) is 5.69 Å². The van der Waals surface area contributed by atoms with E-state index in [1.54, 1.807) is 7.11 Å². The van der Waals surface area contributed by atoms with Gasteiger partial charge in [0.25, 0.3) is 0 Å². The molecular weight excluding hydrogens is 370 g/mol. The van der Waals surface area contributed by atoms with Crippen molar-refractivity contribution in [3.05, 3.63) is 71.4 Å². The van der Waals surface area contributed by atoms with Crippen LogP contribution in [0.15, 0.2) is 60.3 Å². The van der Waals surface area contributed by atoms with Crippen molar-refractivity contribution in [2.24, 2.45) is 0 Å². The molecular formula is C19H18BrNO3. The van der Waals surface area contributed by atoms with Crippen molar-refractivity contribution >= 4 is 27.4 Å². The molecule has 4 nitrogen and oxygen atoms in total. The van der Waals surface area contributed by atoms with Crippen LogP contribution in [-0.4, -0.2) is 18.2 Å². The van der Waals surface area contributed by atoms with E-state index in [9.17, 15) is 4.79 Å². The summed E-state index contributed by atoms with van der Waals surface area (Å²) in [4.78, 5) is 12.1. The quantitative estimate of drug-likeness (QED) is 0.753. The van der Waals surface area contributed by atoms with Gasteiger partial charge in [-0.1, -0.05) is 52.3 Å². The van der Waals surface area contributed by atoms with Gasteiger partial charge in [-0.25, -0.2) is 0 Å². The van der Waals surface area contributed by atoms with E-state index in [4.69, 9.17) is 9.47 Å². The molecule has 1 heterocycles. The highest BCUT2D eigenvalue weighted by Gasteiger charge is 2.24. The Hall–Kier alpha value is -2.11. The van der Waals surface area contributed by atoms with Crippen molar-refractivity contribution in [1.29, 1.82) is 0 Å². The first kappa shape index (κ1) is 16.7. The van der Waals surface area contributed by atoms with Crippen molar-refractivity contribution in [1.82, 2.24) is 0 Å². The molecule has 1 aliphatic rings. The summed E-state index contributed by atoms with van der Waals surface area (Å²) < 4.78 is 11.3. The molecule has 0 bridgehead atoms. The Morgan fingerprint density at radius 1 is 1.21 bits per heavy atom. The van der Waals surface area contributed by atoms with E-state index in [1.165, 1.54) is 0 Å². The minimum Gasteiger partial charge on any atom is -0.497 e. The molecule has 1 atom stereocenters. The van der Waals surface area contributed by atoms with Crippen molar-refractivity contribution < 1.29 is 14.3 Å². The largest absolute Gasteiger partial charge is 0.497 e.